The lowest BCUT2D eigenvalue weighted by Crippen LogP contribution is -2.35. The molecule has 1 aromatic rings. The molecule has 0 radical (unpaired) electrons. The Labute approximate surface area is 138 Å². The van der Waals surface area contributed by atoms with E-state index in [1.807, 2.05) is 47.4 Å². The Balaban J connectivity index is 1.79. The Morgan fingerprint density at radius 2 is 2.22 bits per heavy atom. The van der Waals surface area contributed by atoms with Crippen molar-refractivity contribution in [3.8, 4) is 0 Å². The molecule has 0 spiro atoms. The molecule has 4 heteroatoms. The summed E-state index contributed by atoms with van der Waals surface area (Å²) >= 11 is 0. The van der Waals surface area contributed by atoms with Crippen LogP contribution < -0.4 is 0 Å². The van der Waals surface area contributed by atoms with Crippen LogP contribution in [0.1, 0.15) is 44.6 Å². The molecule has 1 N–H and O–H groups in total. The number of carbonyl (C=O) groups excluding carboxylic acids is 1. The molecule has 0 saturated carbocycles. The van der Waals surface area contributed by atoms with Gasteiger partial charge >= 0.3 is 6.09 Å². The van der Waals surface area contributed by atoms with Crippen LogP contribution in [0.3, 0.4) is 0 Å². The Hall–Kier alpha value is -1.81. The Kier molecular flexibility index (Phi) is 7.14. The predicted octanol–water partition coefficient (Wildman–Crippen LogP) is 3.89. The summed E-state index contributed by atoms with van der Waals surface area (Å²) < 4.78 is 5.42. The highest BCUT2D eigenvalue weighted by atomic mass is 16.6. The average molecular weight is 317 g/mol. The number of benzene rings is 1. The summed E-state index contributed by atoms with van der Waals surface area (Å²) in [5.41, 5.74) is 0.999. The monoisotopic (exact) mass is 317 g/mol. The number of ether oxygens (including phenoxy) is 1. The number of nitrogens with zero attached hydrogens (tertiary/aromatic N) is 1. The second-order valence-corrected chi connectivity index (χ2v) is 6.05. The molecule has 1 aromatic carbocycles. The molecule has 0 bridgehead atoms. The van der Waals surface area contributed by atoms with Crippen LogP contribution in [-0.4, -0.2) is 34.8 Å². The quantitative estimate of drug-likeness (QED) is 0.776. The van der Waals surface area contributed by atoms with Crippen molar-refractivity contribution in [3.05, 3.63) is 48.0 Å². The molecule has 1 aliphatic rings. The van der Waals surface area contributed by atoms with Crippen molar-refractivity contribution in [1.29, 1.82) is 0 Å². The first kappa shape index (κ1) is 17.5. The molecule has 1 aliphatic heterocycles. The number of likely N-dealkylation sites (tertiary alicyclic amines) is 1. The molecule has 23 heavy (non-hydrogen) atoms. The number of hydrogen-bond donors (Lipinski definition) is 1. The standard InChI is InChI=1S/C19H27NO3/c1-2-8-18(21)13-6-11-17-12-7-14-20(17)19(22)23-15-16-9-4-3-5-10-16/h3-6,9-10,13,17-18,21H,2,7-8,11-12,14-15H2,1H3/b13-6+. The lowest BCUT2D eigenvalue weighted by molar-refractivity contribution is 0.0924. The first-order valence-corrected chi connectivity index (χ1v) is 8.52. The van der Waals surface area contributed by atoms with Gasteiger partial charge < -0.3 is 14.7 Å². The minimum Gasteiger partial charge on any atom is -0.445 e. The summed E-state index contributed by atoms with van der Waals surface area (Å²) in [6.07, 6.45) is 7.76. The van der Waals surface area contributed by atoms with Crippen LogP contribution in [-0.2, 0) is 11.3 Å². The largest absolute Gasteiger partial charge is 0.445 e. The fraction of sp³-hybridized carbons (Fsp3) is 0.526. The van der Waals surface area contributed by atoms with Crippen LogP contribution in [0, 0.1) is 0 Å². The summed E-state index contributed by atoms with van der Waals surface area (Å²) in [6, 6.07) is 9.91. The van der Waals surface area contributed by atoms with E-state index < -0.39 is 0 Å². The van der Waals surface area contributed by atoms with E-state index in [0.29, 0.717) is 6.61 Å². The third-order valence-electron chi connectivity index (χ3n) is 4.17. The number of aliphatic hydroxyl groups excluding tert-OH is 1. The van der Waals surface area contributed by atoms with Gasteiger partial charge in [0.25, 0.3) is 0 Å². The summed E-state index contributed by atoms with van der Waals surface area (Å²) in [4.78, 5) is 14.1. The van der Waals surface area contributed by atoms with E-state index in [1.54, 1.807) is 0 Å². The highest BCUT2D eigenvalue weighted by molar-refractivity contribution is 5.68. The summed E-state index contributed by atoms with van der Waals surface area (Å²) in [5, 5.41) is 9.72. The number of rotatable bonds is 7. The smallest absolute Gasteiger partial charge is 0.410 e. The van der Waals surface area contributed by atoms with E-state index in [2.05, 4.69) is 6.92 Å². The maximum absolute atomic E-state index is 12.3. The lowest BCUT2D eigenvalue weighted by atomic mass is 10.1. The van der Waals surface area contributed by atoms with Crippen LogP contribution >= 0.6 is 0 Å². The van der Waals surface area contributed by atoms with Crippen molar-refractivity contribution in [1.82, 2.24) is 4.90 Å². The zero-order valence-corrected chi connectivity index (χ0v) is 13.9. The van der Waals surface area contributed by atoms with Gasteiger partial charge in [0, 0.05) is 12.6 Å². The summed E-state index contributed by atoms with van der Waals surface area (Å²) in [6.45, 7) is 3.12. The van der Waals surface area contributed by atoms with E-state index >= 15 is 0 Å². The molecule has 2 atom stereocenters. The minimum absolute atomic E-state index is 0.184. The Morgan fingerprint density at radius 1 is 1.43 bits per heavy atom. The molecule has 2 unspecified atom stereocenters. The van der Waals surface area contributed by atoms with Crippen LogP contribution in [0.15, 0.2) is 42.5 Å². The third kappa shape index (κ3) is 5.71. The van der Waals surface area contributed by atoms with Gasteiger partial charge in [-0.05, 0) is 31.2 Å². The third-order valence-corrected chi connectivity index (χ3v) is 4.17. The molecule has 1 amide bonds. The number of aliphatic hydroxyl groups is 1. The number of carbonyl (C=O) groups is 1. The van der Waals surface area contributed by atoms with Crippen molar-refractivity contribution in [2.45, 2.75) is 57.8 Å². The molecule has 1 saturated heterocycles. The topological polar surface area (TPSA) is 49.8 Å². The van der Waals surface area contributed by atoms with E-state index in [9.17, 15) is 9.90 Å². The van der Waals surface area contributed by atoms with Crippen molar-refractivity contribution in [3.63, 3.8) is 0 Å². The fourth-order valence-electron chi connectivity index (χ4n) is 2.91. The molecule has 4 nitrogen and oxygen atoms in total. The normalized spacial score (nSPS) is 19.2. The molecule has 1 heterocycles. The molecule has 0 aromatic heterocycles. The van der Waals surface area contributed by atoms with Gasteiger partial charge in [-0.2, -0.15) is 0 Å². The minimum atomic E-state index is -0.375. The van der Waals surface area contributed by atoms with Crippen LogP contribution in [0.5, 0.6) is 0 Å². The molecule has 1 fully saturated rings. The molecular formula is C19H27NO3. The van der Waals surface area contributed by atoms with Gasteiger partial charge in [-0.25, -0.2) is 4.79 Å². The molecule has 0 aliphatic carbocycles. The van der Waals surface area contributed by atoms with E-state index in [4.69, 9.17) is 4.74 Å². The van der Waals surface area contributed by atoms with Gasteiger partial charge in [0.1, 0.15) is 6.61 Å². The van der Waals surface area contributed by atoms with Gasteiger partial charge in [0.15, 0.2) is 0 Å². The van der Waals surface area contributed by atoms with Gasteiger partial charge in [-0.3, -0.25) is 0 Å². The number of hydrogen-bond acceptors (Lipinski definition) is 3. The van der Waals surface area contributed by atoms with E-state index in [1.165, 1.54) is 0 Å². The van der Waals surface area contributed by atoms with Crippen molar-refractivity contribution in [2.75, 3.05) is 6.54 Å². The maximum Gasteiger partial charge on any atom is 0.410 e. The molecule has 2 rings (SSSR count). The first-order valence-electron chi connectivity index (χ1n) is 8.52. The van der Waals surface area contributed by atoms with Gasteiger partial charge in [-0.1, -0.05) is 55.8 Å². The first-order chi connectivity index (χ1) is 11.2. The van der Waals surface area contributed by atoms with Crippen molar-refractivity contribution in [2.24, 2.45) is 0 Å². The maximum atomic E-state index is 12.3. The zero-order chi connectivity index (χ0) is 16.5. The van der Waals surface area contributed by atoms with Gasteiger partial charge in [-0.15, -0.1) is 0 Å². The van der Waals surface area contributed by atoms with Crippen LogP contribution in [0.25, 0.3) is 0 Å². The number of amides is 1. The van der Waals surface area contributed by atoms with Crippen LogP contribution in [0.4, 0.5) is 4.79 Å². The van der Waals surface area contributed by atoms with E-state index in [0.717, 1.165) is 44.2 Å². The second kappa shape index (κ2) is 9.36. The summed E-state index contributed by atoms with van der Waals surface area (Å²) in [5.74, 6) is 0. The van der Waals surface area contributed by atoms with Crippen LogP contribution in [0.2, 0.25) is 0 Å². The highest BCUT2D eigenvalue weighted by Gasteiger charge is 2.28. The Morgan fingerprint density at radius 3 is 2.96 bits per heavy atom. The predicted molar refractivity (Wildman–Crippen MR) is 91.0 cm³/mol. The summed E-state index contributed by atoms with van der Waals surface area (Å²) in [7, 11) is 0. The fourth-order valence-corrected chi connectivity index (χ4v) is 2.91. The van der Waals surface area contributed by atoms with Crippen molar-refractivity contribution >= 4 is 6.09 Å². The highest BCUT2D eigenvalue weighted by Crippen LogP contribution is 2.22. The molecule has 126 valence electrons. The lowest BCUT2D eigenvalue weighted by Gasteiger charge is -2.23. The SMILES string of the molecule is CCCC(O)/C=C/CC1CCCN1C(=O)OCc1ccccc1. The Bertz CT molecular complexity index is 501. The second-order valence-electron chi connectivity index (χ2n) is 6.05. The van der Waals surface area contributed by atoms with E-state index in [-0.39, 0.29) is 18.2 Å². The van der Waals surface area contributed by atoms with Gasteiger partial charge in [0.2, 0.25) is 0 Å². The zero-order valence-electron chi connectivity index (χ0n) is 13.9. The van der Waals surface area contributed by atoms with Crippen molar-refractivity contribution < 1.29 is 14.6 Å². The molecular weight excluding hydrogens is 290 g/mol. The van der Waals surface area contributed by atoms with Gasteiger partial charge in [0.05, 0.1) is 6.10 Å². The average Bonchev–Trinajstić information content (AvgIpc) is 3.02.